The number of carbonyl (C=O) groups excluding carboxylic acids is 1. The molecule has 4 aromatic rings. The number of thiazole rings is 1. The maximum absolute atomic E-state index is 13.2. The molecule has 0 amide bonds. The molecule has 0 aliphatic carbocycles. The van der Waals surface area contributed by atoms with Crippen molar-refractivity contribution < 1.29 is 15.0 Å². The third-order valence-corrected chi connectivity index (χ3v) is 5.72. The van der Waals surface area contributed by atoms with Crippen LogP contribution >= 0.6 is 38.9 Å². The Balaban J connectivity index is 2.00. The topological polar surface area (TPSA) is 75.3 Å². The van der Waals surface area contributed by atoms with Gasteiger partial charge in [0.2, 0.25) is 5.88 Å². The fraction of sp³-hybridized carbons (Fsp3) is 0. The number of hydrogen-bond donors (Lipinski definition) is 2. The monoisotopic (exact) mass is 474 g/mol. The quantitative estimate of drug-likeness (QED) is 0.374. The lowest BCUT2D eigenvalue weighted by Crippen LogP contribution is -2.04. The lowest BCUT2D eigenvalue weighted by Gasteiger charge is -2.09. The molecule has 0 saturated carbocycles. The van der Waals surface area contributed by atoms with Gasteiger partial charge in [-0.3, -0.25) is 9.36 Å². The van der Waals surface area contributed by atoms with Gasteiger partial charge >= 0.3 is 0 Å². The Morgan fingerprint density at radius 1 is 1.07 bits per heavy atom. The summed E-state index contributed by atoms with van der Waals surface area (Å²) in [6.45, 7) is 0. The first-order chi connectivity index (χ1) is 13.5. The molecular formula is C20H12BrClN2O3S. The minimum Gasteiger partial charge on any atom is -0.503 e. The van der Waals surface area contributed by atoms with E-state index < -0.39 is 17.4 Å². The Labute approximate surface area is 177 Å². The molecule has 0 saturated heterocycles. The molecule has 2 aromatic heterocycles. The molecule has 0 radical (unpaired) electrons. The second-order valence-electron chi connectivity index (χ2n) is 5.89. The van der Waals surface area contributed by atoms with Crippen molar-refractivity contribution >= 4 is 44.7 Å². The van der Waals surface area contributed by atoms with Gasteiger partial charge in [-0.1, -0.05) is 39.7 Å². The molecule has 2 N–H and O–H groups in total. The molecule has 2 aromatic carbocycles. The number of rotatable bonds is 4. The van der Waals surface area contributed by atoms with Crippen molar-refractivity contribution in [1.29, 1.82) is 0 Å². The third kappa shape index (κ3) is 3.22. The summed E-state index contributed by atoms with van der Waals surface area (Å²) in [5.41, 5.74) is 1.33. The van der Waals surface area contributed by atoms with Crippen molar-refractivity contribution in [1.82, 2.24) is 9.55 Å². The largest absolute Gasteiger partial charge is 0.503 e. The summed E-state index contributed by atoms with van der Waals surface area (Å²) >= 11 is 10.6. The van der Waals surface area contributed by atoms with E-state index in [-0.39, 0.29) is 5.56 Å². The van der Waals surface area contributed by atoms with E-state index in [4.69, 9.17) is 11.6 Å². The fourth-order valence-corrected chi connectivity index (χ4v) is 3.94. The zero-order chi connectivity index (χ0) is 19.8. The van der Waals surface area contributed by atoms with Gasteiger partial charge in [-0.25, -0.2) is 4.98 Å². The zero-order valence-corrected chi connectivity index (χ0v) is 17.3. The minimum absolute atomic E-state index is 0.00246. The number of carbonyl (C=O) groups is 1. The van der Waals surface area contributed by atoms with Crippen LogP contribution in [-0.4, -0.2) is 25.5 Å². The summed E-state index contributed by atoms with van der Waals surface area (Å²) in [4.78, 5) is 17.4. The van der Waals surface area contributed by atoms with Gasteiger partial charge in [0.1, 0.15) is 0 Å². The summed E-state index contributed by atoms with van der Waals surface area (Å²) in [7, 11) is 0. The average molecular weight is 476 g/mol. The summed E-state index contributed by atoms with van der Waals surface area (Å²) in [6, 6.07) is 13.6. The van der Waals surface area contributed by atoms with Crippen molar-refractivity contribution in [3.8, 4) is 28.0 Å². The van der Waals surface area contributed by atoms with Crippen LogP contribution in [0.1, 0.15) is 15.9 Å². The van der Waals surface area contributed by atoms with E-state index in [9.17, 15) is 15.0 Å². The zero-order valence-electron chi connectivity index (χ0n) is 14.1. The standard InChI is InChI=1S/C20H12BrClN2O3S/c21-13-5-1-12(2-6-13)17(25)15-16(11-3-7-14(22)8-4-11)24(19(27)18(15)26)20-23-9-10-28-20/h1-10,26-27H. The van der Waals surface area contributed by atoms with Gasteiger partial charge in [-0.2, -0.15) is 0 Å². The van der Waals surface area contributed by atoms with Crippen molar-refractivity contribution in [2.75, 3.05) is 0 Å². The highest BCUT2D eigenvalue weighted by Crippen LogP contribution is 2.44. The second-order valence-corrected chi connectivity index (χ2v) is 8.11. The molecule has 0 bridgehead atoms. The highest BCUT2D eigenvalue weighted by atomic mass is 79.9. The van der Waals surface area contributed by atoms with E-state index in [0.717, 1.165) is 4.47 Å². The van der Waals surface area contributed by atoms with Gasteiger partial charge < -0.3 is 10.2 Å². The van der Waals surface area contributed by atoms with Crippen LogP contribution in [0.15, 0.2) is 64.6 Å². The van der Waals surface area contributed by atoms with Crippen LogP contribution < -0.4 is 0 Å². The van der Waals surface area contributed by atoms with Crippen LogP contribution in [0.3, 0.4) is 0 Å². The molecule has 0 fully saturated rings. The van der Waals surface area contributed by atoms with Crippen molar-refractivity contribution in [2.24, 2.45) is 0 Å². The number of halogens is 2. The molecule has 140 valence electrons. The minimum atomic E-state index is -0.493. The van der Waals surface area contributed by atoms with E-state index in [1.165, 1.54) is 15.9 Å². The number of aromatic hydroxyl groups is 2. The number of ketones is 1. The number of nitrogens with zero attached hydrogens (tertiary/aromatic N) is 2. The van der Waals surface area contributed by atoms with Crippen molar-refractivity contribution in [3.63, 3.8) is 0 Å². The van der Waals surface area contributed by atoms with Crippen LogP contribution in [-0.2, 0) is 0 Å². The first kappa shape index (κ1) is 18.7. The molecule has 8 heteroatoms. The van der Waals surface area contributed by atoms with Gasteiger partial charge in [0.05, 0.1) is 11.3 Å². The highest BCUT2D eigenvalue weighted by molar-refractivity contribution is 9.10. The SMILES string of the molecule is O=C(c1ccc(Br)cc1)c1c(O)c(O)n(-c2nccs2)c1-c1ccc(Cl)cc1. The highest BCUT2D eigenvalue weighted by Gasteiger charge is 2.30. The molecule has 0 aliphatic heterocycles. The van der Waals surface area contributed by atoms with E-state index in [2.05, 4.69) is 20.9 Å². The number of hydrogen-bond acceptors (Lipinski definition) is 5. The molecule has 0 atom stereocenters. The molecular weight excluding hydrogens is 464 g/mol. The number of benzene rings is 2. The maximum atomic E-state index is 13.2. The fourth-order valence-electron chi connectivity index (χ4n) is 2.90. The smallest absolute Gasteiger partial charge is 0.242 e. The lowest BCUT2D eigenvalue weighted by molar-refractivity contribution is 0.103. The molecule has 0 spiro atoms. The van der Waals surface area contributed by atoms with E-state index >= 15 is 0 Å². The van der Waals surface area contributed by atoms with Crippen LogP contribution in [0.4, 0.5) is 0 Å². The lowest BCUT2D eigenvalue weighted by atomic mass is 9.99. The molecule has 0 unspecified atom stereocenters. The predicted molar refractivity (Wildman–Crippen MR) is 113 cm³/mol. The van der Waals surface area contributed by atoms with Gasteiger partial charge in [-0.15, -0.1) is 11.3 Å². The number of aromatic nitrogens is 2. The first-order valence-corrected chi connectivity index (χ1v) is 10.1. The van der Waals surface area contributed by atoms with E-state index in [1.54, 1.807) is 60.1 Å². The van der Waals surface area contributed by atoms with Crippen LogP contribution in [0.25, 0.3) is 16.4 Å². The van der Waals surface area contributed by atoms with Crippen molar-refractivity contribution in [2.45, 2.75) is 0 Å². The third-order valence-electron chi connectivity index (χ3n) is 4.18. The van der Waals surface area contributed by atoms with Crippen molar-refractivity contribution in [3.05, 3.63) is 80.7 Å². The Morgan fingerprint density at radius 2 is 1.75 bits per heavy atom. The second kappa shape index (κ2) is 7.43. The Bertz CT molecular complexity index is 1150. The van der Waals surface area contributed by atoms with Crippen LogP contribution in [0.2, 0.25) is 5.02 Å². The summed E-state index contributed by atoms with van der Waals surface area (Å²) in [6.07, 6.45) is 1.58. The predicted octanol–water partition coefficient (Wildman–Crippen LogP) is 5.66. The molecule has 28 heavy (non-hydrogen) atoms. The Morgan fingerprint density at radius 3 is 2.36 bits per heavy atom. The molecule has 0 aliphatic rings. The van der Waals surface area contributed by atoms with E-state index in [1.807, 2.05) is 0 Å². The summed E-state index contributed by atoms with van der Waals surface area (Å²) in [5.74, 6) is -1.35. The molecule has 4 rings (SSSR count). The Kier molecular flexibility index (Phi) is 4.97. The average Bonchev–Trinajstić information content (AvgIpc) is 3.30. The van der Waals surface area contributed by atoms with Gasteiger partial charge in [0, 0.05) is 26.6 Å². The first-order valence-electron chi connectivity index (χ1n) is 8.10. The van der Waals surface area contributed by atoms with Crippen LogP contribution in [0, 0.1) is 0 Å². The van der Waals surface area contributed by atoms with Crippen LogP contribution in [0.5, 0.6) is 11.6 Å². The van der Waals surface area contributed by atoms with Gasteiger partial charge in [-0.05, 0) is 42.0 Å². The summed E-state index contributed by atoms with van der Waals surface area (Å²) < 4.78 is 2.20. The van der Waals surface area contributed by atoms with E-state index in [0.29, 0.717) is 27.0 Å². The summed E-state index contributed by atoms with van der Waals surface area (Å²) in [5, 5.41) is 24.0. The Hall–Kier alpha value is -2.61. The van der Waals surface area contributed by atoms with Gasteiger partial charge in [0.15, 0.2) is 16.7 Å². The molecule has 2 heterocycles. The molecule has 5 nitrogen and oxygen atoms in total. The maximum Gasteiger partial charge on any atom is 0.242 e. The normalized spacial score (nSPS) is 10.9. The van der Waals surface area contributed by atoms with Gasteiger partial charge in [0.25, 0.3) is 0 Å².